The lowest BCUT2D eigenvalue weighted by molar-refractivity contribution is 0.805. The molecule has 0 radical (unpaired) electrons. The Morgan fingerprint density at radius 3 is 2.82 bits per heavy atom. The average molecular weight is 154 g/mol. The third kappa shape index (κ3) is 2.03. The number of aryl methyl sites for hydroxylation is 1. The van der Waals surface area contributed by atoms with Crippen molar-refractivity contribution < 1.29 is 0 Å². The molecule has 1 aromatic rings. The molecule has 0 unspecified atom stereocenters. The van der Waals surface area contributed by atoms with Gasteiger partial charge in [-0.3, -0.25) is 4.98 Å². The zero-order valence-corrected chi connectivity index (χ0v) is 6.29. The van der Waals surface area contributed by atoms with E-state index >= 15 is 0 Å². The van der Waals surface area contributed by atoms with E-state index in [2.05, 4.69) is 15.0 Å². The van der Waals surface area contributed by atoms with Crippen LogP contribution in [0.25, 0.3) is 0 Å². The van der Waals surface area contributed by atoms with Gasteiger partial charge in [-0.1, -0.05) is 6.92 Å². The largest absolute Gasteiger partial charge is 0.368 e. The summed E-state index contributed by atoms with van der Waals surface area (Å²) in [6.07, 6.45) is 1.65. The molecule has 1 heterocycles. The summed E-state index contributed by atoms with van der Waals surface area (Å²) in [5.74, 6) is 0.641. The Hall–Kier alpha value is -1.39. The van der Waals surface area contributed by atoms with Crippen molar-refractivity contribution in [3.8, 4) is 0 Å². The average Bonchev–Trinajstić information content (AvgIpc) is 1.85. The SMILES string of the molecule is CCCc1nc(N)nc(=O)[nH]1. The number of rotatable bonds is 2. The summed E-state index contributed by atoms with van der Waals surface area (Å²) in [5.41, 5.74) is 4.82. The summed E-state index contributed by atoms with van der Waals surface area (Å²) in [4.78, 5) is 20.4. The minimum absolute atomic E-state index is 0.0391. The normalized spacial score (nSPS) is 9.91. The van der Waals surface area contributed by atoms with E-state index in [4.69, 9.17) is 5.73 Å². The highest BCUT2D eigenvalue weighted by molar-refractivity contribution is 5.12. The van der Waals surface area contributed by atoms with Crippen molar-refractivity contribution in [2.24, 2.45) is 0 Å². The fourth-order valence-electron chi connectivity index (χ4n) is 0.802. The van der Waals surface area contributed by atoms with Gasteiger partial charge in [0.25, 0.3) is 0 Å². The number of hydrogen-bond donors (Lipinski definition) is 2. The molecule has 3 N–H and O–H groups in total. The number of hydrogen-bond acceptors (Lipinski definition) is 4. The van der Waals surface area contributed by atoms with Crippen molar-refractivity contribution in [1.82, 2.24) is 15.0 Å². The van der Waals surface area contributed by atoms with E-state index in [-0.39, 0.29) is 5.95 Å². The molecule has 0 amide bonds. The molecule has 0 aromatic carbocycles. The van der Waals surface area contributed by atoms with E-state index < -0.39 is 5.69 Å². The number of nitrogens with two attached hydrogens (primary N) is 1. The zero-order valence-electron chi connectivity index (χ0n) is 6.29. The topological polar surface area (TPSA) is 84.7 Å². The molecule has 0 spiro atoms. The lowest BCUT2D eigenvalue weighted by Gasteiger charge is -1.96. The number of aromatic nitrogens is 3. The van der Waals surface area contributed by atoms with Gasteiger partial charge in [0.05, 0.1) is 0 Å². The molecule has 0 fully saturated rings. The second-order valence-electron chi connectivity index (χ2n) is 2.21. The molecule has 1 aromatic heterocycles. The maximum absolute atomic E-state index is 10.7. The smallest absolute Gasteiger partial charge is 0.349 e. The number of anilines is 1. The first-order chi connectivity index (χ1) is 5.22. The molecule has 11 heavy (non-hydrogen) atoms. The Balaban J connectivity index is 2.99. The number of aromatic amines is 1. The Morgan fingerprint density at radius 2 is 2.27 bits per heavy atom. The highest BCUT2D eigenvalue weighted by atomic mass is 16.1. The molecule has 0 aliphatic heterocycles. The quantitative estimate of drug-likeness (QED) is 0.612. The highest BCUT2D eigenvalue weighted by Gasteiger charge is 1.96. The highest BCUT2D eigenvalue weighted by Crippen LogP contribution is 1.92. The van der Waals surface area contributed by atoms with Gasteiger partial charge in [-0.15, -0.1) is 0 Å². The first-order valence-corrected chi connectivity index (χ1v) is 3.45. The molecule has 0 aliphatic carbocycles. The first kappa shape index (κ1) is 7.71. The minimum Gasteiger partial charge on any atom is -0.368 e. The molecule has 0 saturated carbocycles. The maximum atomic E-state index is 10.7. The molecule has 0 atom stereocenters. The fourth-order valence-corrected chi connectivity index (χ4v) is 0.802. The van der Waals surface area contributed by atoms with Gasteiger partial charge in [-0.2, -0.15) is 9.97 Å². The molecule has 0 saturated heterocycles. The van der Waals surface area contributed by atoms with Crippen LogP contribution in [0.1, 0.15) is 19.2 Å². The van der Waals surface area contributed by atoms with Gasteiger partial charge in [-0.25, -0.2) is 4.79 Å². The monoisotopic (exact) mass is 154 g/mol. The second-order valence-corrected chi connectivity index (χ2v) is 2.21. The van der Waals surface area contributed by atoms with Gasteiger partial charge in [-0.05, 0) is 6.42 Å². The third-order valence-corrected chi connectivity index (χ3v) is 1.20. The van der Waals surface area contributed by atoms with Crippen LogP contribution in [0.2, 0.25) is 0 Å². The van der Waals surface area contributed by atoms with Gasteiger partial charge in [0, 0.05) is 6.42 Å². The van der Waals surface area contributed by atoms with Crippen LogP contribution in [-0.4, -0.2) is 15.0 Å². The molecular formula is C6H10N4O. The van der Waals surface area contributed by atoms with E-state index in [1.54, 1.807) is 0 Å². The number of H-pyrrole nitrogens is 1. The van der Waals surface area contributed by atoms with Crippen molar-refractivity contribution >= 4 is 5.95 Å². The Labute approximate surface area is 63.7 Å². The lowest BCUT2D eigenvalue weighted by Crippen LogP contribution is -2.17. The van der Waals surface area contributed by atoms with Crippen LogP contribution < -0.4 is 11.4 Å². The van der Waals surface area contributed by atoms with Crippen LogP contribution >= 0.6 is 0 Å². The molecule has 60 valence electrons. The molecule has 5 heteroatoms. The Kier molecular flexibility index (Phi) is 2.20. The number of nitrogens with zero attached hydrogens (tertiary/aromatic N) is 2. The maximum Gasteiger partial charge on any atom is 0.349 e. The zero-order chi connectivity index (χ0) is 8.27. The van der Waals surface area contributed by atoms with Crippen molar-refractivity contribution in [2.75, 3.05) is 5.73 Å². The summed E-state index contributed by atoms with van der Waals surface area (Å²) >= 11 is 0. The predicted molar refractivity (Wildman–Crippen MR) is 41.1 cm³/mol. The fraction of sp³-hybridized carbons (Fsp3) is 0.500. The van der Waals surface area contributed by atoms with E-state index in [1.165, 1.54) is 0 Å². The predicted octanol–water partition coefficient (Wildman–Crippen LogP) is -0.300. The summed E-state index contributed by atoms with van der Waals surface area (Å²) in [7, 11) is 0. The van der Waals surface area contributed by atoms with Gasteiger partial charge in [0.2, 0.25) is 5.95 Å². The van der Waals surface area contributed by atoms with Crippen molar-refractivity contribution in [2.45, 2.75) is 19.8 Å². The van der Waals surface area contributed by atoms with Crippen LogP contribution in [-0.2, 0) is 6.42 Å². The Bertz CT molecular complexity index is 293. The summed E-state index contributed by atoms with van der Waals surface area (Å²) in [6.45, 7) is 2.00. The van der Waals surface area contributed by atoms with Crippen LogP contribution in [0.3, 0.4) is 0 Å². The van der Waals surface area contributed by atoms with Crippen LogP contribution in [0.4, 0.5) is 5.95 Å². The van der Waals surface area contributed by atoms with Crippen molar-refractivity contribution in [1.29, 1.82) is 0 Å². The van der Waals surface area contributed by atoms with E-state index in [0.29, 0.717) is 5.82 Å². The molecule has 1 rings (SSSR count). The lowest BCUT2D eigenvalue weighted by atomic mass is 10.3. The summed E-state index contributed by atoms with van der Waals surface area (Å²) in [5, 5.41) is 0. The number of nitrogens with one attached hydrogen (secondary N) is 1. The molecule has 0 aliphatic rings. The van der Waals surface area contributed by atoms with E-state index in [1.807, 2.05) is 6.92 Å². The molecule has 0 bridgehead atoms. The van der Waals surface area contributed by atoms with Crippen LogP contribution in [0.15, 0.2) is 4.79 Å². The minimum atomic E-state index is -0.430. The number of nitrogen functional groups attached to an aromatic ring is 1. The summed E-state index contributed by atoms with van der Waals surface area (Å²) in [6, 6.07) is 0. The van der Waals surface area contributed by atoms with Crippen molar-refractivity contribution in [3.63, 3.8) is 0 Å². The van der Waals surface area contributed by atoms with Crippen LogP contribution in [0.5, 0.6) is 0 Å². The van der Waals surface area contributed by atoms with Gasteiger partial charge >= 0.3 is 5.69 Å². The van der Waals surface area contributed by atoms with Crippen molar-refractivity contribution in [3.05, 3.63) is 16.3 Å². The third-order valence-electron chi connectivity index (χ3n) is 1.20. The standard InChI is InChI=1S/C6H10N4O/c1-2-3-4-8-5(7)10-6(11)9-4/h2-3H2,1H3,(H3,7,8,9,10,11). The van der Waals surface area contributed by atoms with E-state index in [9.17, 15) is 4.79 Å². The van der Waals surface area contributed by atoms with Gasteiger partial charge in [0.1, 0.15) is 5.82 Å². The van der Waals surface area contributed by atoms with Gasteiger partial charge in [0.15, 0.2) is 0 Å². The van der Waals surface area contributed by atoms with E-state index in [0.717, 1.165) is 12.8 Å². The first-order valence-electron chi connectivity index (χ1n) is 3.45. The van der Waals surface area contributed by atoms with Gasteiger partial charge < -0.3 is 5.73 Å². The molecular weight excluding hydrogens is 144 g/mol. The Morgan fingerprint density at radius 1 is 1.55 bits per heavy atom. The second kappa shape index (κ2) is 3.14. The van der Waals surface area contributed by atoms with Crippen LogP contribution in [0, 0.1) is 0 Å². The molecule has 5 nitrogen and oxygen atoms in total. The summed E-state index contributed by atoms with van der Waals surface area (Å²) < 4.78 is 0.